The smallest absolute Gasteiger partial charge is 0.142 e. The molecule has 3 aromatic rings. The van der Waals surface area contributed by atoms with Crippen molar-refractivity contribution in [1.29, 1.82) is 0 Å². The maximum Gasteiger partial charge on any atom is 0.142 e. The van der Waals surface area contributed by atoms with Gasteiger partial charge in [0.05, 0.1) is 12.6 Å². The predicted molar refractivity (Wildman–Crippen MR) is 95.5 cm³/mol. The Kier molecular flexibility index (Phi) is 3.06. The highest BCUT2D eigenvalue weighted by Crippen LogP contribution is 2.45. The molecule has 1 heterocycles. The molecule has 1 atom stereocenters. The average Bonchev–Trinajstić information content (AvgIpc) is 2.87. The maximum absolute atomic E-state index is 5.56. The van der Waals surface area contributed by atoms with Gasteiger partial charge in [0.2, 0.25) is 0 Å². The molecule has 4 rings (SSSR count). The van der Waals surface area contributed by atoms with E-state index in [1.165, 1.54) is 27.8 Å². The summed E-state index contributed by atoms with van der Waals surface area (Å²) in [7, 11) is 1.74. The molecule has 0 spiro atoms. The first-order chi connectivity index (χ1) is 11.0. The van der Waals surface area contributed by atoms with Crippen molar-refractivity contribution in [1.82, 2.24) is 4.98 Å². The molecule has 1 N–H and O–H groups in total. The van der Waals surface area contributed by atoms with Crippen LogP contribution in [0.15, 0.2) is 42.5 Å². The summed E-state index contributed by atoms with van der Waals surface area (Å²) >= 11 is 0. The Balaban J connectivity index is 2.05. The number of benzene rings is 2. The second-order valence-corrected chi connectivity index (χ2v) is 7.27. The minimum absolute atomic E-state index is 0.115. The van der Waals surface area contributed by atoms with Gasteiger partial charge < -0.3 is 9.72 Å². The van der Waals surface area contributed by atoms with Gasteiger partial charge in [0.25, 0.3) is 0 Å². The summed E-state index contributed by atoms with van der Waals surface area (Å²) in [6.07, 6.45) is 1.02. The number of hydrogen-bond acceptors (Lipinski definition) is 1. The van der Waals surface area contributed by atoms with Gasteiger partial charge in [-0.3, -0.25) is 0 Å². The van der Waals surface area contributed by atoms with E-state index >= 15 is 0 Å². The van der Waals surface area contributed by atoms with Gasteiger partial charge in [-0.25, -0.2) is 0 Å². The van der Waals surface area contributed by atoms with Crippen LogP contribution in [0.5, 0.6) is 5.75 Å². The highest BCUT2D eigenvalue weighted by Gasteiger charge is 2.33. The summed E-state index contributed by atoms with van der Waals surface area (Å²) in [5.74, 6) is 1.30. The van der Waals surface area contributed by atoms with E-state index in [0.29, 0.717) is 5.92 Å². The van der Waals surface area contributed by atoms with E-state index in [1.807, 2.05) is 6.07 Å². The minimum atomic E-state index is 0.115. The van der Waals surface area contributed by atoms with Crippen LogP contribution in [0.25, 0.3) is 10.9 Å². The Bertz CT molecular complexity index is 888. The molecule has 1 aromatic heterocycles. The second-order valence-electron chi connectivity index (χ2n) is 7.27. The Morgan fingerprint density at radius 2 is 1.87 bits per heavy atom. The van der Waals surface area contributed by atoms with Crippen LogP contribution in [0.4, 0.5) is 0 Å². The second kappa shape index (κ2) is 4.89. The molecule has 0 saturated heterocycles. The van der Waals surface area contributed by atoms with Crippen molar-refractivity contribution in [3.63, 3.8) is 0 Å². The van der Waals surface area contributed by atoms with E-state index in [1.54, 1.807) is 7.11 Å². The van der Waals surface area contributed by atoms with Gasteiger partial charge in [-0.1, -0.05) is 57.2 Å². The zero-order valence-corrected chi connectivity index (χ0v) is 14.2. The standard InChI is InChI=1S/C21H23NO/c1-13-14-8-5-6-10-16(14)21(2,3)12-17-19(13)15-9-7-11-18(23-4)20(15)22-17/h5-11,13,22H,12H2,1-4H3. The highest BCUT2D eigenvalue weighted by molar-refractivity contribution is 5.90. The van der Waals surface area contributed by atoms with Gasteiger partial charge in [0, 0.05) is 17.0 Å². The molecule has 23 heavy (non-hydrogen) atoms. The van der Waals surface area contributed by atoms with E-state index in [-0.39, 0.29) is 5.41 Å². The molecular formula is C21H23NO. The third-order valence-corrected chi connectivity index (χ3v) is 5.35. The predicted octanol–water partition coefficient (Wildman–Crippen LogP) is 5.16. The fraction of sp³-hybridized carbons (Fsp3) is 0.333. The fourth-order valence-corrected chi connectivity index (χ4v) is 4.25. The highest BCUT2D eigenvalue weighted by atomic mass is 16.5. The minimum Gasteiger partial charge on any atom is -0.495 e. The Morgan fingerprint density at radius 3 is 2.65 bits per heavy atom. The first kappa shape index (κ1) is 14.4. The molecule has 2 aromatic carbocycles. The topological polar surface area (TPSA) is 25.0 Å². The molecule has 0 saturated carbocycles. The van der Waals surface area contributed by atoms with Crippen LogP contribution in [0, 0.1) is 0 Å². The molecule has 1 unspecified atom stereocenters. The van der Waals surface area contributed by atoms with E-state index < -0.39 is 0 Å². The SMILES string of the molecule is COc1cccc2c3c([nH]c12)CC(C)(C)c1ccccc1C3C. The molecular weight excluding hydrogens is 282 g/mol. The van der Waals surface area contributed by atoms with Crippen molar-refractivity contribution in [3.8, 4) is 5.75 Å². The van der Waals surface area contributed by atoms with Gasteiger partial charge in [-0.15, -0.1) is 0 Å². The molecule has 118 valence electrons. The van der Waals surface area contributed by atoms with Crippen LogP contribution in [-0.4, -0.2) is 12.1 Å². The molecule has 1 aliphatic carbocycles. The number of aromatic amines is 1. The summed E-state index contributed by atoms with van der Waals surface area (Å²) in [4.78, 5) is 3.67. The molecule has 0 bridgehead atoms. The van der Waals surface area contributed by atoms with Gasteiger partial charge in [-0.2, -0.15) is 0 Å². The quantitative estimate of drug-likeness (QED) is 0.660. The van der Waals surface area contributed by atoms with Gasteiger partial charge in [0.1, 0.15) is 5.75 Å². The van der Waals surface area contributed by atoms with Crippen molar-refractivity contribution in [2.24, 2.45) is 0 Å². The first-order valence-corrected chi connectivity index (χ1v) is 8.30. The van der Waals surface area contributed by atoms with Crippen LogP contribution in [-0.2, 0) is 11.8 Å². The number of rotatable bonds is 1. The summed E-state index contributed by atoms with van der Waals surface area (Å²) in [5.41, 5.74) is 6.93. The van der Waals surface area contributed by atoms with E-state index in [2.05, 4.69) is 62.2 Å². The van der Waals surface area contributed by atoms with Crippen molar-refractivity contribution in [3.05, 3.63) is 64.8 Å². The molecule has 1 aliphatic rings. The number of methoxy groups -OCH3 is 1. The van der Waals surface area contributed by atoms with E-state index in [9.17, 15) is 0 Å². The van der Waals surface area contributed by atoms with E-state index in [4.69, 9.17) is 4.74 Å². The Morgan fingerprint density at radius 1 is 1.09 bits per heavy atom. The number of ether oxygens (including phenoxy) is 1. The van der Waals surface area contributed by atoms with Crippen LogP contribution < -0.4 is 4.74 Å². The van der Waals surface area contributed by atoms with E-state index in [0.717, 1.165) is 17.7 Å². The normalized spacial score (nSPS) is 19.0. The van der Waals surface area contributed by atoms with Crippen LogP contribution in [0.1, 0.15) is 49.1 Å². The van der Waals surface area contributed by atoms with Crippen LogP contribution >= 0.6 is 0 Å². The van der Waals surface area contributed by atoms with Crippen LogP contribution in [0.2, 0.25) is 0 Å². The number of nitrogens with one attached hydrogen (secondary N) is 1. The summed E-state index contributed by atoms with van der Waals surface area (Å²) in [6, 6.07) is 15.2. The number of aromatic nitrogens is 1. The Labute approximate surface area is 137 Å². The largest absolute Gasteiger partial charge is 0.495 e. The summed E-state index contributed by atoms with van der Waals surface area (Å²) in [6.45, 7) is 7.01. The lowest BCUT2D eigenvalue weighted by atomic mass is 9.78. The number of para-hydroxylation sites is 1. The summed E-state index contributed by atoms with van der Waals surface area (Å²) < 4.78 is 5.56. The monoisotopic (exact) mass is 305 g/mol. The van der Waals surface area contributed by atoms with Crippen LogP contribution in [0.3, 0.4) is 0 Å². The van der Waals surface area contributed by atoms with Crippen molar-refractivity contribution in [2.75, 3.05) is 7.11 Å². The zero-order chi connectivity index (χ0) is 16.2. The molecule has 2 heteroatoms. The molecule has 0 aliphatic heterocycles. The van der Waals surface area contributed by atoms with Gasteiger partial charge >= 0.3 is 0 Å². The first-order valence-electron chi connectivity index (χ1n) is 8.30. The van der Waals surface area contributed by atoms with Crippen molar-refractivity contribution < 1.29 is 4.74 Å². The number of fused-ring (bicyclic) bond motifs is 4. The molecule has 0 amide bonds. The lowest BCUT2D eigenvalue weighted by Gasteiger charge is -2.26. The lowest BCUT2D eigenvalue weighted by molar-refractivity contribution is 0.419. The maximum atomic E-state index is 5.56. The Hall–Kier alpha value is -2.22. The van der Waals surface area contributed by atoms with Crippen molar-refractivity contribution >= 4 is 10.9 Å². The number of H-pyrrole nitrogens is 1. The third kappa shape index (κ3) is 2.01. The third-order valence-electron chi connectivity index (χ3n) is 5.35. The fourth-order valence-electron chi connectivity index (χ4n) is 4.25. The lowest BCUT2D eigenvalue weighted by Crippen LogP contribution is -2.21. The average molecular weight is 305 g/mol. The molecule has 2 nitrogen and oxygen atoms in total. The number of hydrogen-bond donors (Lipinski definition) is 1. The molecule has 0 radical (unpaired) electrons. The van der Waals surface area contributed by atoms with Crippen molar-refractivity contribution in [2.45, 2.75) is 38.5 Å². The van der Waals surface area contributed by atoms with Gasteiger partial charge in [0.15, 0.2) is 0 Å². The zero-order valence-electron chi connectivity index (χ0n) is 14.2. The molecule has 0 fully saturated rings. The van der Waals surface area contributed by atoms with Gasteiger partial charge in [-0.05, 0) is 34.6 Å². The summed E-state index contributed by atoms with van der Waals surface area (Å²) in [5, 5.41) is 1.29.